The first-order valence-corrected chi connectivity index (χ1v) is 7.36. The number of aliphatic carboxylic acids is 1. The summed E-state index contributed by atoms with van der Waals surface area (Å²) < 4.78 is 23.4. The standard InChI is InChI=1S/C10H17NO5S/c1-4-10(5-2)8(14)11(6-7(12)13)9(10)17(3,15)16/h9H,4-6H2,1-3H3,(H,12,13)/p-1. The van der Waals surface area contributed by atoms with Crippen molar-refractivity contribution in [2.24, 2.45) is 5.41 Å². The molecule has 1 amide bonds. The first kappa shape index (κ1) is 14.0. The molecule has 0 aromatic rings. The Balaban J connectivity index is 3.14. The molecule has 98 valence electrons. The molecule has 0 aromatic carbocycles. The van der Waals surface area contributed by atoms with Gasteiger partial charge < -0.3 is 14.8 Å². The third kappa shape index (κ3) is 2.03. The first-order chi connectivity index (χ1) is 7.70. The van der Waals surface area contributed by atoms with Crippen molar-refractivity contribution in [3.8, 4) is 0 Å². The van der Waals surface area contributed by atoms with Crippen LogP contribution in [0.3, 0.4) is 0 Å². The molecule has 1 saturated heterocycles. The summed E-state index contributed by atoms with van der Waals surface area (Å²) in [5.41, 5.74) is -0.969. The molecule has 17 heavy (non-hydrogen) atoms. The van der Waals surface area contributed by atoms with Crippen molar-refractivity contribution < 1.29 is 23.1 Å². The van der Waals surface area contributed by atoms with Crippen LogP contribution < -0.4 is 5.11 Å². The highest BCUT2D eigenvalue weighted by Gasteiger charge is 2.62. The third-order valence-corrected chi connectivity index (χ3v) is 4.93. The van der Waals surface area contributed by atoms with Gasteiger partial charge in [-0.15, -0.1) is 0 Å². The average molecular weight is 262 g/mol. The highest BCUT2D eigenvalue weighted by atomic mass is 32.2. The normalized spacial score (nSPS) is 23.4. The van der Waals surface area contributed by atoms with E-state index in [0.717, 1.165) is 11.2 Å². The van der Waals surface area contributed by atoms with E-state index < -0.39 is 39.0 Å². The molecule has 0 saturated carbocycles. The zero-order valence-electron chi connectivity index (χ0n) is 10.1. The van der Waals surface area contributed by atoms with Crippen LogP contribution in [0, 0.1) is 5.41 Å². The van der Waals surface area contributed by atoms with Crippen LogP contribution in [-0.4, -0.2) is 43.4 Å². The van der Waals surface area contributed by atoms with E-state index >= 15 is 0 Å². The molecule has 0 N–H and O–H groups in total. The van der Waals surface area contributed by atoms with Crippen molar-refractivity contribution in [1.82, 2.24) is 4.90 Å². The second kappa shape index (κ2) is 4.29. The molecule has 6 nitrogen and oxygen atoms in total. The summed E-state index contributed by atoms with van der Waals surface area (Å²) in [6, 6.07) is 0. The fraction of sp³-hybridized carbons (Fsp3) is 0.800. The summed E-state index contributed by atoms with van der Waals surface area (Å²) in [4.78, 5) is 23.3. The molecule has 1 unspecified atom stereocenters. The number of carboxylic acids is 1. The van der Waals surface area contributed by atoms with Crippen LogP contribution in [0.4, 0.5) is 0 Å². The van der Waals surface area contributed by atoms with Crippen molar-refractivity contribution in [3.63, 3.8) is 0 Å². The minimum absolute atomic E-state index is 0.379. The maximum atomic E-state index is 11.9. The lowest BCUT2D eigenvalue weighted by atomic mass is 9.73. The average Bonchev–Trinajstić information content (AvgIpc) is 2.20. The zero-order chi connectivity index (χ0) is 13.4. The van der Waals surface area contributed by atoms with Gasteiger partial charge in [0.2, 0.25) is 5.91 Å². The SMILES string of the molecule is CCC1(CC)C(=O)N(CC(=O)[O-])C1S(C)(=O)=O. The Kier molecular flexibility index (Phi) is 3.52. The number of hydrogen-bond donors (Lipinski definition) is 0. The van der Waals surface area contributed by atoms with Crippen molar-refractivity contribution in [2.75, 3.05) is 12.8 Å². The predicted octanol–water partition coefficient (Wildman–Crippen LogP) is -1.24. The third-order valence-electron chi connectivity index (χ3n) is 3.41. The Morgan fingerprint density at radius 3 is 2.18 bits per heavy atom. The van der Waals surface area contributed by atoms with Crippen molar-refractivity contribution in [2.45, 2.75) is 32.1 Å². The Morgan fingerprint density at radius 2 is 1.88 bits per heavy atom. The summed E-state index contributed by atoms with van der Waals surface area (Å²) in [6.45, 7) is 2.80. The summed E-state index contributed by atoms with van der Waals surface area (Å²) in [5.74, 6) is -1.87. The monoisotopic (exact) mass is 262 g/mol. The largest absolute Gasteiger partial charge is 0.548 e. The van der Waals surface area contributed by atoms with Gasteiger partial charge in [0, 0.05) is 6.26 Å². The highest BCUT2D eigenvalue weighted by molar-refractivity contribution is 7.91. The van der Waals surface area contributed by atoms with E-state index in [1.54, 1.807) is 13.8 Å². The zero-order valence-corrected chi connectivity index (χ0v) is 10.9. The van der Waals surface area contributed by atoms with E-state index in [-0.39, 0.29) is 0 Å². The minimum atomic E-state index is -3.51. The molecule has 1 aliphatic rings. The molecule has 7 heteroatoms. The Bertz CT molecular complexity index is 438. The molecule has 0 radical (unpaired) electrons. The van der Waals surface area contributed by atoms with E-state index in [9.17, 15) is 23.1 Å². The lowest BCUT2D eigenvalue weighted by Gasteiger charge is -2.54. The number of β-lactam (4-membered cyclic amide) rings is 1. The lowest BCUT2D eigenvalue weighted by Crippen LogP contribution is -2.72. The van der Waals surface area contributed by atoms with Crippen LogP contribution in [0.15, 0.2) is 0 Å². The first-order valence-electron chi connectivity index (χ1n) is 5.40. The summed E-state index contributed by atoms with van der Waals surface area (Å²) in [5, 5.41) is 9.46. The predicted molar refractivity (Wildman–Crippen MR) is 58.4 cm³/mol. The molecule has 1 aliphatic heterocycles. The summed E-state index contributed by atoms with van der Waals surface area (Å²) in [7, 11) is -3.51. The van der Waals surface area contributed by atoms with Gasteiger partial charge in [0.15, 0.2) is 9.84 Å². The number of likely N-dealkylation sites (tertiary alicyclic amines) is 1. The topological polar surface area (TPSA) is 94.6 Å². The number of carbonyl (C=O) groups excluding carboxylic acids is 2. The maximum Gasteiger partial charge on any atom is 0.233 e. The van der Waals surface area contributed by atoms with Gasteiger partial charge in [-0.1, -0.05) is 13.8 Å². The molecule has 1 rings (SSSR count). The molecule has 1 fully saturated rings. The smallest absolute Gasteiger partial charge is 0.233 e. The fourth-order valence-corrected chi connectivity index (χ4v) is 4.45. The van der Waals surface area contributed by atoms with Gasteiger partial charge in [-0.3, -0.25) is 4.79 Å². The van der Waals surface area contributed by atoms with Crippen LogP contribution in [0.2, 0.25) is 0 Å². The van der Waals surface area contributed by atoms with Gasteiger partial charge in [-0.2, -0.15) is 0 Å². The van der Waals surface area contributed by atoms with Gasteiger partial charge in [-0.25, -0.2) is 8.42 Å². The fourth-order valence-electron chi connectivity index (χ4n) is 2.57. The van der Waals surface area contributed by atoms with Crippen molar-refractivity contribution >= 4 is 21.7 Å². The van der Waals surface area contributed by atoms with E-state index in [1.165, 1.54) is 0 Å². The number of hydrogen-bond acceptors (Lipinski definition) is 5. The summed E-state index contributed by atoms with van der Waals surface area (Å²) in [6.07, 6.45) is 1.78. The Labute approximate surface area is 101 Å². The van der Waals surface area contributed by atoms with Crippen LogP contribution in [0.5, 0.6) is 0 Å². The van der Waals surface area contributed by atoms with Crippen molar-refractivity contribution in [1.29, 1.82) is 0 Å². The van der Waals surface area contributed by atoms with Crippen molar-refractivity contribution in [3.05, 3.63) is 0 Å². The second-order valence-electron chi connectivity index (χ2n) is 4.35. The maximum absolute atomic E-state index is 11.9. The Morgan fingerprint density at radius 1 is 1.41 bits per heavy atom. The van der Waals surface area contributed by atoms with E-state index in [0.29, 0.717) is 12.8 Å². The van der Waals surface area contributed by atoms with Gasteiger partial charge in [0.05, 0.1) is 17.9 Å². The number of carboxylic acid groups (broad SMARTS) is 1. The molecular formula is C10H16NO5S-. The highest BCUT2D eigenvalue weighted by Crippen LogP contribution is 2.47. The number of amides is 1. The molecule has 1 atom stereocenters. The van der Waals surface area contributed by atoms with E-state index in [1.807, 2.05) is 0 Å². The van der Waals surface area contributed by atoms with E-state index in [2.05, 4.69) is 0 Å². The van der Waals surface area contributed by atoms with Gasteiger partial charge >= 0.3 is 0 Å². The molecular weight excluding hydrogens is 246 g/mol. The Hall–Kier alpha value is -1.11. The molecule has 0 spiro atoms. The molecule has 0 aliphatic carbocycles. The molecule has 1 heterocycles. The van der Waals surface area contributed by atoms with Gasteiger partial charge in [0.25, 0.3) is 0 Å². The van der Waals surface area contributed by atoms with Crippen LogP contribution >= 0.6 is 0 Å². The number of nitrogens with zero attached hydrogens (tertiary/aromatic N) is 1. The van der Waals surface area contributed by atoms with Crippen LogP contribution in [-0.2, 0) is 19.4 Å². The number of rotatable bonds is 5. The van der Waals surface area contributed by atoms with Gasteiger partial charge in [-0.05, 0) is 12.8 Å². The van der Waals surface area contributed by atoms with Gasteiger partial charge in [0.1, 0.15) is 5.37 Å². The van der Waals surface area contributed by atoms with Crippen LogP contribution in [0.1, 0.15) is 26.7 Å². The minimum Gasteiger partial charge on any atom is -0.548 e. The number of carbonyl (C=O) groups is 2. The number of sulfone groups is 1. The van der Waals surface area contributed by atoms with Crippen LogP contribution in [0.25, 0.3) is 0 Å². The molecule has 0 aromatic heterocycles. The summed E-state index contributed by atoms with van der Waals surface area (Å²) >= 11 is 0. The second-order valence-corrected chi connectivity index (χ2v) is 6.46. The quantitative estimate of drug-likeness (QED) is 0.577. The lowest BCUT2D eigenvalue weighted by molar-refractivity contribution is -0.307. The van der Waals surface area contributed by atoms with E-state index in [4.69, 9.17) is 0 Å². The molecule has 0 bridgehead atoms.